The van der Waals surface area contributed by atoms with Gasteiger partial charge in [0, 0.05) is 16.3 Å². The van der Waals surface area contributed by atoms with Crippen molar-refractivity contribution in [1.29, 1.82) is 0 Å². The van der Waals surface area contributed by atoms with Crippen LogP contribution in [0.15, 0.2) is 71.1 Å². The molecular weight excluding hydrogens is 384 g/mol. The lowest BCUT2D eigenvalue weighted by molar-refractivity contribution is -0.115. The molecule has 4 rings (SSSR count). The summed E-state index contributed by atoms with van der Waals surface area (Å²) in [5, 5.41) is 3.56. The van der Waals surface area contributed by atoms with E-state index in [1.54, 1.807) is 12.1 Å². The molecule has 146 valence electrons. The van der Waals surface area contributed by atoms with Gasteiger partial charge in [-0.15, -0.1) is 0 Å². The first-order valence-electron chi connectivity index (χ1n) is 9.53. The number of fused-ring (bicyclic) bond motifs is 1. The van der Waals surface area contributed by atoms with Crippen LogP contribution in [-0.2, 0) is 11.2 Å². The molecular formula is C24H21ClN2O2. The second kappa shape index (κ2) is 8.10. The highest BCUT2D eigenvalue weighted by atomic mass is 35.5. The average Bonchev–Trinajstić information content (AvgIpc) is 3.13. The van der Waals surface area contributed by atoms with Gasteiger partial charge in [-0.3, -0.25) is 4.79 Å². The van der Waals surface area contributed by atoms with Crippen LogP contribution in [0.3, 0.4) is 0 Å². The normalized spacial score (nSPS) is 11.2. The van der Waals surface area contributed by atoms with Crippen molar-refractivity contribution in [3.8, 4) is 11.5 Å². The topological polar surface area (TPSA) is 55.1 Å². The number of hydrogen-bond acceptors (Lipinski definition) is 3. The summed E-state index contributed by atoms with van der Waals surface area (Å²) in [5.41, 5.74) is 5.36. The van der Waals surface area contributed by atoms with E-state index in [-0.39, 0.29) is 5.91 Å². The maximum atomic E-state index is 12.3. The standard InChI is InChI=1S/C24H21ClN2O2/c1-15(2)18-7-12-22-21(14-18)27-24(29-22)17-5-10-20(11-6-17)26-23(28)13-16-3-8-19(25)9-4-16/h3-12,14-15H,13H2,1-2H3,(H,26,28). The van der Waals surface area contributed by atoms with Crippen LogP contribution in [0, 0.1) is 0 Å². The molecule has 0 atom stereocenters. The van der Waals surface area contributed by atoms with E-state index >= 15 is 0 Å². The van der Waals surface area contributed by atoms with Crippen LogP contribution >= 0.6 is 11.6 Å². The molecule has 4 aromatic rings. The minimum absolute atomic E-state index is 0.0804. The number of carbonyl (C=O) groups is 1. The Bertz CT molecular complexity index is 1150. The Morgan fingerprint density at radius 1 is 1.03 bits per heavy atom. The van der Waals surface area contributed by atoms with Crippen LogP contribution < -0.4 is 5.32 Å². The Morgan fingerprint density at radius 3 is 2.45 bits per heavy atom. The first kappa shape index (κ1) is 19.2. The van der Waals surface area contributed by atoms with Gasteiger partial charge in [-0.25, -0.2) is 4.98 Å². The fraction of sp³-hybridized carbons (Fsp3) is 0.167. The molecule has 5 heteroatoms. The van der Waals surface area contributed by atoms with Crippen molar-refractivity contribution >= 4 is 34.3 Å². The van der Waals surface area contributed by atoms with Crippen molar-refractivity contribution in [2.45, 2.75) is 26.2 Å². The zero-order valence-electron chi connectivity index (χ0n) is 16.3. The second-order valence-electron chi connectivity index (χ2n) is 7.33. The number of nitrogens with one attached hydrogen (secondary N) is 1. The van der Waals surface area contributed by atoms with E-state index in [1.165, 1.54) is 5.56 Å². The van der Waals surface area contributed by atoms with Crippen molar-refractivity contribution in [2.75, 3.05) is 5.32 Å². The van der Waals surface area contributed by atoms with Gasteiger partial charge in [0.25, 0.3) is 0 Å². The number of aromatic nitrogens is 1. The molecule has 1 aromatic heterocycles. The average molecular weight is 405 g/mol. The predicted octanol–water partition coefficient (Wildman–Crippen LogP) is 6.45. The number of hydrogen-bond donors (Lipinski definition) is 1. The molecule has 0 aliphatic rings. The van der Waals surface area contributed by atoms with Gasteiger partial charge in [-0.2, -0.15) is 0 Å². The first-order chi connectivity index (χ1) is 14.0. The molecule has 0 fully saturated rings. The van der Waals surface area contributed by atoms with Crippen LogP contribution in [0.25, 0.3) is 22.6 Å². The zero-order chi connectivity index (χ0) is 20.4. The summed E-state index contributed by atoms with van der Waals surface area (Å²) in [4.78, 5) is 16.9. The Morgan fingerprint density at radius 2 is 1.76 bits per heavy atom. The molecule has 0 bridgehead atoms. The molecule has 1 amide bonds. The minimum atomic E-state index is -0.0804. The highest BCUT2D eigenvalue weighted by Crippen LogP contribution is 2.27. The number of rotatable bonds is 5. The van der Waals surface area contributed by atoms with E-state index in [1.807, 2.05) is 42.5 Å². The number of oxazole rings is 1. The van der Waals surface area contributed by atoms with Crippen molar-refractivity contribution in [3.63, 3.8) is 0 Å². The summed E-state index contributed by atoms with van der Waals surface area (Å²) in [6.45, 7) is 4.31. The highest BCUT2D eigenvalue weighted by Gasteiger charge is 2.11. The quantitative estimate of drug-likeness (QED) is 0.415. The molecule has 0 aliphatic heterocycles. The van der Waals surface area contributed by atoms with E-state index in [0.29, 0.717) is 23.3 Å². The maximum Gasteiger partial charge on any atom is 0.228 e. The summed E-state index contributed by atoms with van der Waals surface area (Å²) >= 11 is 5.88. The number of anilines is 1. The number of nitrogens with zero attached hydrogens (tertiary/aromatic N) is 1. The minimum Gasteiger partial charge on any atom is -0.436 e. The van der Waals surface area contributed by atoms with E-state index < -0.39 is 0 Å². The summed E-state index contributed by atoms with van der Waals surface area (Å²) in [6.07, 6.45) is 0.294. The Hall–Kier alpha value is -3.11. The molecule has 0 saturated carbocycles. The molecule has 3 aromatic carbocycles. The van der Waals surface area contributed by atoms with E-state index in [9.17, 15) is 4.79 Å². The van der Waals surface area contributed by atoms with Gasteiger partial charge in [0.2, 0.25) is 11.8 Å². The summed E-state index contributed by atoms with van der Waals surface area (Å²) < 4.78 is 5.89. The number of carbonyl (C=O) groups excluding carboxylic acids is 1. The van der Waals surface area contributed by atoms with Gasteiger partial charge in [0.1, 0.15) is 5.52 Å². The molecule has 1 N–H and O–H groups in total. The van der Waals surface area contributed by atoms with Gasteiger partial charge in [-0.05, 0) is 65.6 Å². The van der Waals surface area contributed by atoms with Gasteiger partial charge in [0.05, 0.1) is 6.42 Å². The Labute approximate surface area is 174 Å². The molecule has 0 aliphatic carbocycles. The molecule has 29 heavy (non-hydrogen) atoms. The van der Waals surface area contributed by atoms with Crippen molar-refractivity contribution in [2.24, 2.45) is 0 Å². The monoisotopic (exact) mass is 404 g/mol. The van der Waals surface area contributed by atoms with Gasteiger partial charge >= 0.3 is 0 Å². The first-order valence-corrected chi connectivity index (χ1v) is 9.91. The van der Waals surface area contributed by atoms with Crippen LogP contribution in [0.1, 0.15) is 30.9 Å². The molecule has 1 heterocycles. The van der Waals surface area contributed by atoms with Crippen LogP contribution in [0.5, 0.6) is 0 Å². The van der Waals surface area contributed by atoms with Gasteiger partial charge in [0.15, 0.2) is 5.58 Å². The smallest absolute Gasteiger partial charge is 0.228 e. The third kappa shape index (κ3) is 4.49. The SMILES string of the molecule is CC(C)c1ccc2oc(-c3ccc(NC(=O)Cc4ccc(Cl)cc4)cc3)nc2c1. The van der Waals surface area contributed by atoms with E-state index in [2.05, 4.69) is 36.3 Å². The number of amides is 1. The second-order valence-corrected chi connectivity index (χ2v) is 7.77. The molecule has 4 nitrogen and oxygen atoms in total. The zero-order valence-corrected chi connectivity index (χ0v) is 17.0. The van der Waals surface area contributed by atoms with E-state index in [4.69, 9.17) is 16.0 Å². The van der Waals surface area contributed by atoms with Gasteiger partial charge < -0.3 is 9.73 Å². The molecule has 0 saturated heterocycles. The van der Waals surface area contributed by atoms with Crippen molar-refractivity contribution in [1.82, 2.24) is 4.98 Å². The Balaban J connectivity index is 1.46. The fourth-order valence-corrected chi connectivity index (χ4v) is 3.24. The van der Waals surface area contributed by atoms with Crippen LogP contribution in [-0.4, -0.2) is 10.9 Å². The summed E-state index contributed by atoms with van der Waals surface area (Å²) in [7, 11) is 0. The third-order valence-electron chi connectivity index (χ3n) is 4.77. The summed E-state index contributed by atoms with van der Waals surface area (Å²) in [5.74, 6) is 0.929. The lowest BCUT2D eigenvalue weighted by Crippen LogP contribution is -2.14. The Kier molecular flexibility index (Phi) is 5.36. The largest absolute Gasteiger partial charge is 0.436 e. The fourth-order valence-electron chi connectivity index (χ4n) is 3.12. The third-order valence-corrected chi connectivity index (χ3v) is 5.02. The predicted molar refractivity (Wildman–Crippen MR) is 117 cm³/mol. The van der Waals surface area contributed by atoms with Crippen molar-refractivity contribution in [3.05, 3.63) is 82.9 Å². The van der Waals surface area contributed by atoms with Crippen LogP contribution in [0.4, 0.5) is 5.69 Å². The van der Waals surface area contributed by atoms with Crippen LogP contribution in [0.2, 0.25) is 5.02 Å². The summed E-state index contributed by atoms with van der Waals surface area (Å²) in [6, 6.07) is 20.9. The lowest BCUT2D eigenvalue weighted by Gasteiger charge is -2.06. The molecule has 0 spiro atoms. The van der Waals surface area contributed by atoms with Crippen molar-refractivity contribution < 1.29 is 9.21 Å². The number of halogens is 1. The lowest BCUT2D eigenvalue weighted by atomic mass is 10.0. The maximum absolute atomic E-state index is 12.3. The molecule has 0 unspecified atom stereocenters. The highest BCUT2D eigenvalue weighted by molar-refractivity contribution is 6.30. The van der Waals surface area contributed by atoms with E-state index in [0.717, 1.165) is 27.9 Å². The molecule has 0 radical (unpaired) electrons. The number of benzene rings is 3. The van der Waals surface area contributed by atoms with Gasteiger partial charge in [-0.1, -0.05) is 43.6 Å².